The van der Waals surface area contributed by atoms with E-state index in [-0.39, 0.29) is 13.3 Å². The van der Waals surface area contributed by atoms with Crippen molar-refractivity contribution in [3.8, 4) is 5.75 Å². The Kier molecular flexibility index (Phi) is 8.23. The van der Waals surface area contributed by atoms with Gasteiger partial charge in [0.05, 0.1) is 6.10 Å². The lowest BCUT2D eigenvalue weighted by molar-refractivity contribution is -0.116. The molecule has 0 fully saturated rings. The highest BCUT2D eigenvalue weighted by atomic mass is 32.4. The number of rotatable bonds is 10. The first kappa shape index (κ1) is 21.4. The van der Waals surface area contributed by atoms with Gasteiger partial charge in [-0.25, -0.2) is 4.79 Å². The molecule has 0 spiro atoms. The third-order valence-electron chi connectivity index (χ3n) is 3.47. The average Bonchev–Trinajstić information content (AvgIpc) is 2.63. The molecule has 11 heteroatoms. The lowest BCUT2D eigenvalue weighted by atomic mass is 10.1. The van der Waals surface area contributed by atoms with E-state index in [2.05, 4.69) is 4.98 Å². The van der Waals surface area contributed by atoms with Gasteiger partial charge in [-0.3, -0.25) is 18.9 Å². The normalized spacial score (nSPS) is 15.0. The van der Waals surface area contributed by atoms with E-state index in [1.54, 1.807) is 24.3 Å². The zero-order valence-electron chi connectivity index (χ0n) is 14.4. The molecule has 0 saturated heterocycles. The van der Waals surface area contributed by atoms with E-state index in [0.29, 0.717) is 5.75 Å². The molecule has 0 bridgehead atoms. The van der Waals surface area contributed by atoms with Crippen molar-refractivity contribution in [2.75, 3.05) is 6.61 Å². The summed E-state index contributed by atoms with van der Waals surface area (Å²) in [6, 6.07) is 10.0. The number of hydrogen-bond acceptors (Lipinski definition) is 8. The third kappa shape index (κ3) is 6.94. The molecule has 4 atom stereocenters. The summed E-state index contributed by atoms with van der Waals surface area (Å²) in [7, 11) is -1.71. The summed E-state index contributed by atoms with van der Waals surface area (Å²) >= 11 is 5.13. The average molecular weight is 415 g/mol. The lowest BCUT2D eigenvalue weighted by Crippen LogP contribution is -2.41. The van der Waals surface area contributed by atoms with E-state index in [0.717, 1.165) is 10.6 Å². The molecule has 4 unspecified atom stereocenters. The van der Waals surface area contributed by atoms with Gasteiger partial charge in [-0.05, 0) is 19.1 Å². The molecule has 0 aliphatic carbocycles. The van der Waals surface area contributed by atoms with E-state index in [4.69, 9.17) is 25.6 Å². The Bertz CT molecular complexity index is 856. The van der Waals surface area contributed by atoms with Crippen molar-refractivity contribution in [3.63, 3.8) is 0 Å². The van der Waals surface area contributed by atoms with Crippen LogP contribution in [-0.4, -0.2) is 44.7 Å². The zero-order chi connectivity index (χ0) is 19.8. The Labute approximate surface area is 160 Å². The van der Waals surface area contributed by atoms with Crippen molar-refractivity contribution in [3.05, 3.63) is 63.4 Å². The summed E-state index contributed by atoms with van der Waals surface area (Å²) in [6.07, 6.45) is -2.10. The zero-order valence-corrected chi connectivity index (χ0v) is 16.1. The molecule has 1 aromatic carbocycles. The minimum atomic E-state index is -1.71. The van der Waals surface area contributed by atoms with Crippen LogP contribution >= 0.6 is 7.15 Å². The van der Waals surface area contributed by atoms with Gasteiger partial charge in [0.25, 0.3) is 5.56 Å². The number of nitrogens with zero attached hydrogens (tertiary/aromatic N) is 1. The van der Waals surface area contributed by atoms with Crippen molar-refractivity contribution >= 4 is 19.0 Å². The predicted molar refractivity (Wildman–Crippen MR) is 101 cm³/mol. The third-order valence-corrected chi connectivity index (χ3v) is 4.73. The van der Waals surface area contributed by atoms with E-state index in [1.807, 2.05) is 6.07 Å². The summed E-state index contributed by atoms with van der Waals surface area (Å²) < 4.78 is 17.5. The molecular weight excluding hydrogens is 395 g/mol. The maximum atomic E-state index is 11.7. The Morgan fingerprint density at radius 2 is 1.93 bits per heavy atom. The smallest absolute Gasteiger partial charge is 0.391 e. The predicted octanol–water partition coefficient (Wildman–Crippen LogP) is 0.490. The van der Waals surface area contributed by atoms with Crippen molar-refractivity contribution in [1.82, 2.24) is 9.55 Å². The number of aliphatic hydroxyl groups is 2. The molecule has 146 valence electrons. The number of nitrogens with one attached hydrogen (secondary N) is 1. The summed E-state index contributed by atoms with van der Waals surface area (Å²) in [5.74, 6) is 0.548. The lowest BCUT2D eigenvalue weighted by Gasteiger charge is -2.23. The molecule has 0 radical (unpaired) electrons. The van der Waals surface area contributed by atoms with Crippen LogP contribution in [0.15, 0.2) is 52.2 Å². The molecule has 0 amide bonds. The standard InChI is InChI=1S/C16H19N2O7PS/c1-11(19)15(21)13(23-10-18-8-7-14(20)17-16(18)22)9-24-26(27)25-12-5-3-2-4-6-12/h2-8,11,13,15,19,21H,9-10H2,1H3/p+1. The SMILES string of the molecule is CC(O)C(O)C(CO[P+](=S)Oc1ccccc1)OCn1ccc(=O)[nH]c1=O. The quantitative estimate of drug-likeness (QED) is 0.479. The van der Waals surface area contributed by atoms with Crippen LogP contribution in [0, 0.1) is 0 Å². The Balaban J connectivity index is 1.96. The highest BCUT2D eigenvalue weighted by Crippen LogP contribution is 2.28. The number of H-pyrrole nitrogens is 1. The van der Waals surface area contributed by atoms with Gasteiger partial charge in [-0.15, -0.1) is 4.52 Å². The summed E-state index contributed by atoms with van der Waals surface area (Å²) in [5.41, 5.74) is -1.19. The fraction of sp³-hybridized carbons (Fsp3) is 0.375. The minimum Gasteiger partial charge on any atom is -0.391 e. The van der Waals surface area contributed by atoms with E-state index in [9.17, 15) is 19.8 Å². The van der Waals surface area contributed by atoms with Gasteiger partial charge in [-0.1, -0.05) is 18.2 Å². The fourth-order valence-corrected chi connectivity index (χ4v) is 3.06. The van der Waals surface area contributed by atoms with Crippen molar-refractivity contribution in [2.45, 2.75) is 32.0 Å². The van der Waals surface area contributed by atoms with Gasteiger partial charge in [0, 0.05) is 12.3 Å². The summed E-state index contributed by atoms with van der Waals surface area (Å²) in [5, 5.41) is 19.7. The molecule has 1 aromatic heterocycles. The van der Waals surface area contributed by atoms with Crippen LogP contribution in [0.5, 0.6) is 5.75 Å². The molecule has 0 aliphatic rings. The first-order valence-electron chi connectivity index (χ1n) is 7.97. The summed E-state index contributed by atoms with van der Waals surface area (Å²) in [6.45, 7) is 0.971. The van der Waals surface area contributed by atoms with Crippen molar-refractivity contribution < 1.29 is 24.0 Å². The largest absolute Gasteiger partial charge is 0.573 e. The fourth-order valence-electron chi connectivity index (χ4n) is 2.01. The Morgan fingerprint density at radius 3 is 2.56 bits per heavy atom. The Hall–Kier alpha value is -1.94. The molecular formula is C16H20N2O7PS+. The number of aromatic amines is 1. The van der Waals surface area contributed by atoms with E-state index < -0.39 is 36.7 Å². The van der Waals surface area contributed by atoms with Crippen LogP contribution in [0.1, 0.15) is 6.92 Å². The van der Waals surface area contributed by atoms with Crippen molar-refractivity contribution in [1.29, 1.82) is 0 Å². The first-order chi connectivity index (χ1) is 12.9. The maximum absolute atomic E-state index is 11.7. The van der Waals surface area contributed by atoms with Gasteiger partial charge in [0.1, 0.15) is 25.5 Å². The second kappa shape index (κ2) is 10.4. The number of hydrogen-bond donors (Lipinski definition) is 3. The number of para-hydroxylation sites is 1. The van der Waals surface area contributed by atoms with Gasteiger partial charge in [-0.2, -0.15) is 0 Å². The molecule has 1 heterocycles. The number of aromatic nitrogens is 2. The van der Waals surface area contributed by atoms with Crippen LogP contribution in [0.4, 0.5) is 0 Å². The van der Waals surface area contributed by atoms with Crippen molar-refractivity contribution in [2.24, 2.45) is 0 Å². The molecule has 2 aromatic rings. The highest BCUT2D eigenvalue weighted by molar-refractivity contribution is 8.00. The highest BCUT2D eigenvalue weighted by Gasteiger charge is 2.29. The van der Waals surface area contributed by atoms with Crippen LogP contribution in [0.3, 0.4) is 0 Å². The summed E-state index contributed by atoms with van der Waals surface area (Å²) in [4.78, 5) is 24.8. The van der Waals surface area contributed by atoms with Crippen LogP contribution in [0.2, 0.25) is 0 Å². The van der Waals surface area contributed by atoms with Crippen LogP contribution in [-0.2, 0) is 27.8 Å². The molecule has 0 aliphatic heterocycles. The molecule has 0 saturated carbocycles. The second-order valence-electron chi connectivity index (χ2n) is 5.57. The molecule has 2 rings (SSSR count). The number of aliphatic hydroxyl groups excluding tert-OH is 2. The Morgan fingerprint density at radius 1 is 1.22 bits per heavy atom. The molecule has 3 N–H and O–H groups in total. The van der Waals surface area contributed by atoms with Gasteiger partial charge >= 0.3 is 12.8 Å². The van der Waals surface area contributed by atoms with E-state index in [1.165, 1.54) is 13.1 Å². The van der Waals surface area contributed by atoms with Gasteiger partial charge in [0.15, 0.2) is 5.75 Å². The topological polar surface area (TPSA) is 123 Å². The van der Waals surface area contributed by atoms with Crippen LogP contribution in [0.25, 0.3) is 0 Å². The monoisotopic (exact) mass is 415 g/mol. The second-order valence-corrected chi connectivity index (χ2v) is 7.35. The number of ether oxygens (including phenoxy) is 1. The van der Waals surface area contributed by atoms with Crippen LogP contribution < -0.4 is 15.8 Å². The number of benzene rings is 1. The van der Waals surface area contributed by atoms with Gasteiger partial charge < -0.3 is 14.9 Å². The minimum absolute atomic E-state index is 0.161. The van der Waals surface area contributed by atoms with E-state index >= 15 is 0 Å². The van der Waals surface area contributed by atoms with Gasteiger partial charge in [0.2, 0.25) is 11.8 Å². The maximum Gasteiger partial charge on any atom is 0.573 e. The first-order valence-corrected chi connectivity index (χ1v) is 10.2. The molecule has 27 heavy (non-hydrogen) atoms. The molecule has 9 nitrogen and oxygen atoms in total.